The van der Waals surface area contributed by atoms with Gasteiger partial charge in [0.25, 0.3) is 5.91 Å². The van der Waals surface area contributed by atoms with Crippen LogP contribution >= 0.6 is 11.6 Å². The highest BCUT2D eigenvalue weighted by Crippen LogP contribution is 2.22. The van der Waals surface area contributed by atoms with Crippen LogP contribution in [0.2, 0.25) is 5.02 Å². The zero-order valence-electron chi connectivity index (χ0n) is 10.5. The van der Waals surface area contributed by atoms with Gasteiger partial charge in [-0.15, -0.1) is 0 Å². The van der Waals surface area contributed by atoms with E-state index in [0.29, 0.717) is 10.8 Å². The molecule has 0 saturated carbocycles. The molecule has 0 fully saturated rings. The third kappa shape index (κ3) is 5.15. The smallest absolute Gasteiger partial charge is 0.332 e. The Morgan fingerprint density at radius 1 is 1.47 bits per heavy atom. The molecule has 0 bridgehead atoms. The number of carbonyl (C=O) groups excluding carboxylic acids is 1. The van der Waals surface area contributed by atoms with Crippen LogP contribution < -0.4 is 10.2 Å². The van der Waals surface area contributed by atoms with Crippen molar-refractivity contribution in [1.29, 1.82) is 0 Å². The summed E-state index contributed by atoms with van der Waals surface area (Å²) in [6.45, 7) is 2.71. The Balaban J connectivity index is 2.51. The molecule has 0 radical (unpaired) electrons. The lowest BCUT2D eigenvalue weighted by Gasteiger charge is -2.15. The zero-order chi connectivity index (χ0) is 14.4. The molecule has 1 amide bonds. The van der Waals surface area contributed by atoms with Crippen LogP contribution in [0, 0.1) is 6.92 Å². The molecule has 1 aromatic rings. The minimum absolute atomic E-state index is 0.519. The molecule has 19 heavy (non-hydrogen) atoms. The van der Waals surface area contributed by atoms with Crippen LogP contribution in [0.3, 0.4) is 0 Å². The van der Waals surface area contributed by atoms with E-state index in [0.717, 1.165) is 5.56 Å². The first-order chi connectivity index (χ1) is 8.90. The fourth-order valence-corrected chi connectivity index (χ4v) is 1.47. The number of hydrogen-bond acceptors (Lipinski definition) is 4. The summed E-state index contributed by atoms with van der Waals surface area (Å²) in [5.41, 5.74) is 2.78. The molecule has 0 spiro atoms. The average Bonchev–Trinajstić information content (AvgIpc) is 2.32. The minimum Gasteiger partial charge on any atom is -0.481 e. The number of aliphatic carboxylic acids is 1. The first kappa shape index (κ1) is 15.3. The van der Waals surface area contributed by atoms with Crippen LogP contribution in [0.25, 0.3) is 0 Å². The molecular weight excluding hydrogens is 274 g/mol. The van der Waals surface area contributed by atoms with Gasteiger partial charge in [-0.05, 0) is 37.6 Å². The lowest BCUT2D eigenvalue weighted by molar-refractivity contribution is -0.151. The van der Waals surface area contributed by atoms with Crippen LogP contribution in [0.4, 0.5) is 0 Å². The molecule has 2 N–H and O–H groups in total. The molecule has 1 aromatic carbocycles. The van der Waals surface area contributed by atoms with E-state index in [1.165, 1.54) is 6.92 Å². The van der Waals surface area contributed by atoms with Crippen molar-refractivity contribution in [3.63, 3.8) is 0 Å². The molecule has 6 nitrogen and oxygen atoms in total. The topological polar surface area (TPSA) is 84.9 Å². The Bertz CT molecular complexity index is 477. The Morgan fingerprint density at radius 3 is 2.74 bits per heavy atom. The number of carbonyl (C=O) groups is 2. The molecule has 0 aliphatic heterocycles. The number of ether oxygens (including phenoxy) is 1. The van der Waals surface area contributed by atoms with Gasteiger partial charge < -0.3 is 9.84 Å². The van der Waals surface area contributed by atoms with Crippen molar-refractivity contribution in [2.45, 2.75) is 20.0 Å². The van der Waals surface area contributed by atoms with E-state index < -0.39 is 24.6 Å². The Kier molecular flexibility index (Phi) is 5.59. The highest BCUT2D eigenvalue weighted by atomic mass is 35.5. The Labute approximate surface area is 115 Å². The van der Waals surface area contributed by atoms with Crippen molar-refractivity contribution in [3.8, 4) is 5.75 Å². The van der Waals surface area contributed by atoms with Crippen molar-refractivity contribution < 1.29 is 24.3 Å². The molecule has 0 aromatic heterocycles. The third-order valence-electron chi connectivity index (χ3n) is 2.18. The van der Waals surface area contributed by atoms with E-state index in [9.17, 15) is 9.59 Å². The number of nitrogens with one attached hydrogen (secondary N) is 1. The monoisotopic (exact) mass is 287 g/mol. The van der Waals surface area contributed by atoms with E-state index in [4.69, 9.17) is 21.4 Å². The summed E-state index contributed by atoms with van der Waals surface area (Å²) in [5, 5.41) is 8.92. The quantitative estimate of drug-likeness (QED) is 0.776. The molecular formula is C12H14ClNO5. The van der Waals surface area contributed by atoms with Crippen molar-refractivity contribution in [2.75, 3.05) is 6.61 Å². The summed E-state index contributed by atoms with van der Waals surface area (Å²) in [7, 11) is 0. The van der Waals surface area contributed by atoms with Crippen LogP contribution in [0.1, 0.15) is 12.5 Å². The third-order valence-corrected chi connectivity index (χ3v) is 2.41. The Morgan fingerprint density at radius 2 is 2.16 bits per heavy atom. The van der Waals surface area contributed by atoms with Crippen LogP contribution in [-0.4, -0.2) is 29.7 Å². The lowest BCUT2D eigenvalue weighted by Crippen LogP contribution is -2.37. The van der Waals surface area contributed by atoms with Gasteiger partial charge in [0.05, 0.1) is 0 Å². The maximum absolute atomic E-state index is 11.5. The fourth-order valence-electron chi connectivity index (χ4n) is 1.24. The summed E-state index contributed by atoms with van der Waals surface area (Å²) >= 11 is 5.80. The highest BCUT2D eigenvalue weighted by molar-refractivity contribution is 6.30. The van der Waals surface area contributed by atoms with Gasteiger partial charge in [0.15, 0.2) is 12.7 Å². The van der Waals surface area contributed by atoms with Gasteiger partial charge in [-0.3, -0.25) is 9.63 Å². The number of hydrogen-bond donors (Lipinski definition) is 2. The van der Waals surface area contributed by atoms with Gasteiger partial charge in [0, 0.05) is 5.02 Å². The molecule has 7 heteroatoms. The van der Waals surface area contributed by atoms with E-state index in [-0.39, 0.29) is 0 Å². The fraction of sp³-hybridized carbons (Fsp3) is 0.333. The number of hydroxylamine groups is 1. The van der Waals surface area contributed by atoms with Crippen LogP contribution in [-0.2, 0) is 14.4 Å². The SMILES string of the molecule is Cc1cc(Cl)ccc1OC(C)C(=O)NOCC(=O)O. The van der Waals surface area contributed by atoms with Crippen molar-refractivity contribution in [1.82, 2.24) is 5.48 Å². The number of amides is 1. The standard InChI is InChI=1S/C12H14ClNO5/c1-7-5-9(13)3-4-10(7)19-8(2)12(17)14-18-6-11(15)16/h3-5,8H,6H2,1-2H3,(H,14,17)(H,15,16). The maximum atomic E-state index is 11.5. The van der Waals surface area contributed by atoms with Gasteiger partial charge in [0.1, 0.15) is 5.75 Å². The summed E-state index contributed by atoms with van der Waals surface area (Å²) in [6.07, 6.45) is -0.825. The lowest BCUT2D eigenvalue weighted by atomic mass is 10.2. The second-order valence-electron chi connectivity index (χ2n) is 3.82. The molecule has 104 valence electrons. The van der Waals surface area contributed by atoms with Gasteiger partial charge in [0.2, 0.25) is 0 Å². The van der Waals surface area contributed by atoms with E-state index in [1.807, 2.05) is 5.48 Å². The predicted molar refractivity (Wildman–Crippen MR) is 68.0 cm³/mol. The second-order valence-corrected chi connectivity index (χ2v) is 4.26. The highest BCUT2D eigenvalue weighted by Gasteiger charge is 2.16. The van der Waals surface area contributed by atoms with Gasteiger partial charge in [-0.25, -0.2) is 10.3 Å². The summed E-state index contributed by atoms with van der Waals surface area (Å²) in [5.74, 6) is -1.23. The van der Waals surface area contributed by atoms with Crippen LogP contribution in [0.15, 0.2) is 18.2 Å². The van der Waals surface area contributed by atoms with Gasteiger partial charge >= 0.3 is 5.97 Å². The van der Waals surface area contributed by atoms with Gasteiger partial charge in [-0.1, -0.05) is 11.6 Å². The van der Waals surface area contributed by atoms with Gasteiger partial charge in [-0.2, -0.15) is 0 Å². The average molecular weight is 288 g/mol. The summed E-state index contributed by atoms with van der Waals surface area (Å²) < 4.78 is 5.42. The molecule has 0 aliphatic carbocycles. The summed E-state index contributed by atoms with van der Waals surface area (Å²) in [4.78, 5) is 26.2. The van der Waals surface area contributed by atoms with E-state index in [1.54, 1.807) is 25.1 Å². The number of rotatable bonds is 6. The largest absolute Gasteiger partial charge is 0.481 e. The van der Waals surface area contributed by atoms with E-state index >= 15 is 0 Å². The molecule has 1 rings (SSSR count). The number of carboxylic acids is 1. The number of halogens is 1. The first-order valence-corrected chi connectivity index (χ1v) is 5.84. The zero-order valence-corrected chi connectivity index (χ0v) is 11.2. The molecule has 1 atom stereocenters. The van der Waals surface area contributed by atoms with E-state index in [2.05, 4.69) is 4.84 Å². The molecule has 1 unspecified atom stereocenters. The van der Waals surface area contributed by atoms with Crippen molar-refractivity contribution >= 4 is 23.5 Å². The number of carboxylic acid groups (broad SMARTS) is 1. The maximum Gasteiger partial charge on any atom is 0.332 e. The molecule has 0 aliphatic rings. The summed E-state index contributed by atoms with van der Waals surface area (Å²) in [6, 6.07) is 5.01. The predicted octanol–water partition coefficient (Wildman–Crippen LogP) is 1.55. The second kappa shape index (κ2) is 6.96. The molecule has 0 saturated heterocycles. The minimum atomic E-state index is -1.18. The number of benzene rings is 1. The number of aryl methyl sites for hydroxylation is 1. The van der Waals surface area contributed by atoms with Crippen molar-refractivity contribution in [3.05, 3.63) is 28.8 Å². The first-order valence-electron chi connectivity index (χ1n) is 5.46. The molecule has 0 heterocycles. The van der Waals surface area contributed by atoms with Crippen LogP contribution in [0.5, 0.6) is 5.75 Å². The van der Waals surface area contributed by atoms with Crippen molar-refractivity contribution in [2.24, 2.45) is 0 Å². The Hall–Kier alpha value is -1.79. The normalized spacial score (nSPS) is 11.7.